The molecule has 132 heavy (non-hydrogen) atoms. The average molecular weight is 1890 g/mol. The van der Waals surface area contributed by atoms with Crippen molar-refractivity contribution >= 4 is 0 Å². The largest absolute Gasteiger partial charge is 0.502 e. The smallest absolute Gasteiger partial charge is 0.150 e. The highest BCUT2D eigenvalue weighted by molar-refractivity contribution is 4.71. The van der Waals surface area contributed by atoms with Gasteiger partial charge in [-0.3, -0.25) is 0 Å². The van der Waals surface area contributed by atoms with E-state index >= 15 is 0 Å². The van der Waals surface area contributed by atoms with Crippen molar-refractivity contribution in [3.05, 3.63) is 254 Å². The van der Waals surface area contributed by atoms with Gasteiger partial charge in [0.2, 0.25) is 0 Å². The molecule has 0 fully saturated rings. The predicted molar refractivity (Wildman–Crippen MR) is 536 cm³/mol. The van der Waals surface area contributed by atoms with Crippen LogP contribution in [0.5, 0.6) is 0 Å². The molecule has 0 aromatic carbocycles. The molecule has 30 heteroatoms. The molecule has 0 heterocycles. The van der Waals surface area contributed by atoms with Gasteiger partial charge in [0.15, 0.2) is 0 Å². The van der Waals surface area contributed by atoms with Crippen molar-refractivity contribution in [1.82, 2.24) is 0 Å². The zero-order valence-electron chi connectivity index (χ0n) is 81.8. The first-order valence-corrected chi connectivity index (χ1v) is 44.9. The van der Waals surface area contributed by atoms with E-state index < -0.39 is 0 Å². The fraction of sp³-hybridized carbons (Fsp3) is 0.608. The maximum absolute atomic E-state index is 5.38. The van der Waals surface area contributed by atoms with Crippen molar-refractivity contribution in [3.8, 4) is 0 Å². The predicted octanol–water partition coefficient (Wildman–Crippen LogP) is 17.6. The van der Waals surface area contributed by atoms with Crippen LogP contribution >= 0.6 is 0 Å². The van der Waals surface area contributed by atoms with Gasteiger partial charge in [-0.15, -0.1) is 92.1 Å². The quantitative estimate of drug-likeness (QED) is 0.0237. The summed E-state index contributed by atoms with van der Waals surface area (Å²) in [6.07, 6.45) is 43.1. The minimum absolute atomic E-state index is 0.239. The zero-order valence-corrected chi connectivity index (χ0v) is 81.8. The van der Waals surface area contributed by atoms with Crippen LogP contribution in [0, 0.1) is 0 Å². The fourth-order valence-corrected chi connectivity index (χ4v) is 7.29. The van der Waals surface area contributed by atoms with Gasteiger partial charge in [-0.2, -0.15) is 0 Å². The molecule has 30 nitrogen and oxygen atoms in total. The SMILES string of the molecule is C=CCCOCCOCCOCCC=C.C=CCOCCCOCCCOCC=C.C=CCOCCOCC=C.C=CCOCCOCCOCC=C.C=CCOCCOCCOCCOCC=C.C=CCOCCOCCOCCOCCOCC=C.C=CCOCOCOCC=C.C=COCCCCCCOC=C.C=COCCCCOC=C.C=COCCOCCOC=C. The summed E-state index contributed by atoms with van der Waals surface area (Å²) in [5.74, 6) is 0. The molecule has 0 bridgehead atoms. The van der Waals surface area contributed by atoms with Crippen molar-refractivity contribution in [1.29, 1.82) is 0 Å². The summed E-state index contributed by atoms with van der Waals surface area (Å²) in [4.78, 5) is 0. The van der Waals surface area contributed by atoms with E-state index in [-0.39, 0.29) is 13.6 Å². The fourth-order valence-electron chi connectivity index (χ4n) is 7.29. The van der Waals surface area contributed by atoms with Crippen LogP contribution in [0.25, 0.3) is 0 Å². The van der Waals surface area contributed by atoms with Crippen LogP contribution in [0.4, 0.5) is 0 Å². The van der Waals surface area contributed by atoms with Gasteiger partial charge in [0.25, 0.3) is 0 Å². The van der Waals surface area contributed by atoms with Gasteiger partial charge in [0.05, 0.1) is 328 Å². The Bertz CT molecular complexity index is 2040. The lowest BCUT2D eigenvalue weighted by atomic mass is 10.2. The summed E-state index contributed by atoms with van der Waals surface area (Å²) in [6.45, 7) is 101. The minimum atomic E-state index is 0.239. The third-order valence-corrected chi connectivity index (χ3v) is 13.2. The van der Waals surface area contributed by atoms with E-state index in [9.17, 15) is 0 Å². The second kappa shape index (κ2) is 170. The monoisotopic (exact) mass is 1890 g/mol. The number of hydrogen-bond acceptors (Lipinski definition) is 30. The molecular formula is C102H184O30. The molecule has 772 valence electrons. The number of ether oxygens (including phenoxy) is 30. The summed E-state index contributed by atoms with van der Waals surface area (Å²) in [5, 5.41) is 0. The normalized spacial score (nSPS) is 9.70. The number of hydrogen-bond donors (Lipinski definition) is 0. The van der Waals surface area contributed by atoms with Gasteiger partial charge in [-0.05, 0) is 64.2 Å². The molecule has 0 amide bonds. The topological polar surface area (TPSA) is 277 Å². The molecule has 0 aliphatic carbocycles. The molecule has 0 unspecified atom stereocenters. The summed E-state index contributed by atoms with van der Waals surface area (Å²) in [7, 11) is 0. The molecule has 0 saturated carbocycles. The standard InChI is InChI=1S/C14H26O5.C12H22O4.2C12H22O3.C10H18O3.C10H18O2.2C8H14O3.2C8H14O2/c1-3-5-15-7-9-17-11-13-19-14-12-18-10-8-16-6-4-2;1-3-5-13-7-9-15-11-12-16-10-8-14-6-4-2;1-3-7-13-9-5-11-15-12-6-10-14-8-4-2;1-3-5-7-13-9-11-15-12-10-14-8-6-4-2;1-3-5-11-7-9-13-10-8-12-6-4-2;1-3-11-9-7-5-6-8-10-12-4-2;1-3-9-5-7-11-8-6-10-4-2;1-3-5-9-7-11-8-10-6-4-2;1-3-9-7-5-6-8-10-4-2;1-3-5-9-7-8-10-6-4-2/h3-4H,1-2,5-14H2;3-4H,1-2,5-12H2;2*3-4H,1-2,5-12H2;3-4H,1-2,5-10H2;3-4H,1-2,5-10H2;2*3-4H,1-2,5-8H2;2*3-4H,1-2,5-8H2. The molecule has 0 aromatic heterocycles. The highest BCUT2D eigenvalue weighted by Crippen LogP contribution is 2.01. The van der Waals surface area contributed by atoms with E-state index in [1.807, 2.05) is 12.2 Å². The Labute approximate surface area is 800 Å². The van der Waals surface area contributed by atoms with Crippen molar-refractivity contribution < 1.29 is 142 Å². The molecule has 0 atom stereocenters. The highest BCUT2D eigenvalue weighted by Gasteiger charge is 1.98. The van der Waals surface area contributed by atoms with Crippen LogP contribution in [0.2, 0.25) is 0 Å². The summed E-state index contributed by atoms with van der Waals surface area (Å²) < 4.78 is 153. The second-order valence-corrected chi connectivity index (χ2v) is 24.3. The van der Waals surface area contributed by atoms with E-state index in [0.29, 0.717) is 264 Å². The lowest BCUT2D eigenvalue weighted by molar-refractivity contribution is -0.121. The van der Waals surface area contributed by atoms with Crippen LogP contribution in [0.3, 0.4) is 0 Å². The van der Waals surface area contributed by atoms with Crippen molar-refractivity contribution in [3.63, 3.8) is 0 Å². The van der Waals surface area contributed by atoms with E-state index in [1.165, 1.54) is 50.4 Å². The minimum Gasteiger partial charge on any atom is -0.502 e. The van der Waals surface area contributed by atoms with Crippen LogP contribution < -0.4 is 0 Å². The van der Waals surface area contributed by atoms with Crippen LogP contribution in [-0.2, 0) is 142 Å². The number of unbranched alkanes of at least 4 members (excludes halogenated alkanes) is 4. The van der Waals surface area contributed by atoms with E-state index in [4.69, 9.17) is 142 Å². The average Bonchev–Trinajstić information content (AvgIpc) is 1.13. The van der Waals surface area contributed by atoms with Gasteiger partial charge in [-0.1, -0.05) is 125 Å². The Morgan fingerprint density at radius 2 is 0.250 bits per heavy atom. The molecular weight excluding hydrogens is 1710 g/mol. The molecule has 0 aliphatic heterocycles. The first kappa shape index (κ1) is 145. The van der Waals surface area contributed by atoms with E-state index in [0.717, 1.165) is 117 Å². The van der Waals surface area contributed by atoms with Crippen molar-refractivity contribution in [2.24, 2.45) is 0 Å². The van der Waals surface area contributed by atoms with Crippen LogP contribution in [0.15, 0.2) is 254 Å². The molecule has 0 aliphatic rings. The maximum Gasteiger partial charge on any atom is 0.150 e. The zero-order chi connectivity index (χ0) is 99.2. The molecule has 0 aromatic rings. The van der Waals surface area contributed by atoms with Gasteiger partial charge < -0.3 is 142 Å². The highest BCUT2D eigenvalue weighted by atomic mass is 16.7. The van der Waals surface area contributed by atoms with E-state index in [1.54, 1.807) is 72.9 Å². The Balaban J connectivity index is -0.000000158. The van der Waals surface area contributed by atoms with Crippen molar-refractivity contribution in [2.75, 3.05) is 344 Å². The first-order valence-electron chi connectivity index (χ1n) is 44.9. The Morgan fingerprint density at radius 3 is 0.439 bits per heavy atom. The lowest BCUT2D eigenvalue weighted by Gasteiger charge is -2.07. The molecule has 0 rings (SSSR count). The molecule has 0 radical (unpaired) electrons. The lowest BCUT2D eigenvalue weighted by Crippen LogP contribution is -2.13. The Morgan fingerprint density at radius 1 is 0.106 bits per heavy atom. The molecule has 0 spiro atoms. The Kier molecular flexibility index (Phi) is 187. The van der Waals surface area contributed by atoms with Crippen LogP contribution in [-0.4, -0.2) is 344 Å². The Hall–Kier alpha value is -7.36. The van der Waals surface area contributed by atoms with Crippen LogP contribution in [0.1, 0.15) is 64.2 Å². The summed E-state index contributed by atoms with van der Waals surface area (Å²) in [6, 6.07) is 0. The van der Waals surface area contributed by atoms with Gasteiger partial charge >= 0.3 is 0 Å². The second-order valence-electron chi connectivity index (χ2n) is 24.3. The van der Waals surface area contributed by atoms with Gasteiger partial charge in [0, 0.05) is 26.4 Å². The van der Waals surface area contributed by atoms with E-state index in [2.05, 4.69) is 132 Å². The molecule has 0 saturated heterocycles. The summed E-state index contributed by atoms with van der Waals surface area (Å²) in [5.41, 5.74) is 0. The van der Waals surface area contributed by atoms with Gasteiger partial charge in [-0.25, -0.2) is 0 Å². The first-order chi connectivity index (χ1) is 65.1. The molecule has 0 N–H and O–H groups in total. The third-order valence-electron chi connectivity index (χ3n) is 13.2. The third kappa shape index (κ3) is 203. The summed E-state index contributed by atoms with van der Waals surface area (Å²) >= 11 is 0. The number of rotatable bonds is 102. The van der Waals surface area contributed by atoms with Gasteiger partial charge in [0.1, 0.15) is 26.8 Å². The van der Waals surface area contributed by atoms with Crippen molar-refractivity contribution in [2.45, 2.75) is 64.2 Å². The maximum atomic E-state index is 5.38.